The van der Waals surface area contributed by atoms with E-state index >= 15 is 0 Å². The van der Waals surface area contributed by atoms with Crippen molar-refractivity contribution in [2.24, 2.45) is 5.92 Å². The summed E-state index contributed by atoms with van der Waals surface area (Å²) in [6.07, 6.45) is 5.76. The van der Waals surface area contributed by atoms with Gasteiger partial charge in [-0.1, -0.05) is 23.8 Å². The fourth-order valence-electron chi connectivity index (χ4n) is 3.17. The van der Waals surface area contributed by atoms with Crippen molar-refractivity contribution in [1.29, 1.82) is 0 Å². The lowest BCUT2D eigenvalue weighted by atomic mass is 9.89. The molecule has 2 N–H and O–H groups in total. The summed E-state index contributed by atoms with van der Waals surface area (Å²) in [4.78, 5) is 26.0. The number of nitrogens with one attached hydrogen (secondary N) is 1. The fraction of sp³-hybridized carbons (Fsp3) is 0.412. The predicted octanol–water partition coefficient (Wildman–Crippen LogP) is 1.67. The van der Waals surface area contributed by atoms with Gasteiger partial charge in [-0.05, 0) is 36.6 Å². The molecule has 0 fully saturated rings. The number of hydrogen-bond donors (Lipinski definition) is 2. The van der Waals surface area contributed by atoms with E-state index in [-0.39, 0.29) is 43.3 Å². The third kappa shape index (κ3) is 3.41. The van der Waals surface area contributed by atoms with Crippen LogP contribution in [0, 0.1) is 5.92 Å². The molecule has 23 heavy (non-hydrogen) atoms. The van der Waals surface area contributed by atoms with E-state index in [2.05, 4.69) is 5.32 Å². The molecule has 3 rings (SSSR count). The number of carbonyl (C=O) groups is 2. The van der Waals surface area contributed by atoms with Gasteiger partial charge in [-0.15, -0.1) is 0 Å². The Morgan fingerprint density at radius 2 is 2.13 bits per heavy atom. The minimum absolute atomic E-state index is 0.00811. The van der Waals surface area contributed by atoms with E-state index in [0.717, 1.165) is 17.7 Å². The molecule has 0 aromatic heterocycles. The van der Waals surface area contributed by atoms with Gasteiger partial charge in [-0.3, -0.25) is 9.59 Å². The van der Waals surface area contributed by atoms with Crippen LogP contribution in [-0.2, 0) is 16.0 Å². The van der Waals surface area contributed by atoms with Gasteiger partial charge in [-0.25, -0.2) is 0 Å². The average Bonchev–Trinajstić information content (AvgIpc) is 2.82. The summed E-state index contributed by atoms with van der Waals surface area (Å²) in [5, 5.41) is 12.9. The number of aliphatic hydroxyl groups is 1. The molecule has 122 valence electrons. The third-order valence-electron chi connectivity index (χ3n) is 4.42. The third-order valence-corrected chi connectivity index (χ3v) is 4.66. The lowest BCUT2D eigenvalue weighted by Crippen LogP contribution is -2.47. The highest BCUT2D eigenvalue weighted by molar-refractivity contribution is 6.31. The zero-order valence-electron chi connectivity index (χ0n) is 12.7. The second kappa shape index (κ2) is 6.72. The van der Waals surface area contributed by atoms with Gasteiger partial charge in [0.15, 0.2) is 0 Å². The molecule has 1 heterocycles. The number of carbonyl (C=O) groups excluding carboxylic acids is 2. The number of hydrogen-bond acceptors (Lipinski definition) is 3. The average molecular weight is 335 g/mol. The van der Waals surface area contributed by atoms with E-state index in [9.17, 15) is 14.7 Å². The van der Waals surface area contributed by atoms with Crippen LogP contribution in [0.3, 0.4) is 0 Å². The monoisotopic (exact) mass is 334 g/mol. The maximum Gasteiger partial charge on any atom is 0.240 e. The van der Waals surface area contributed by atoms with Crippen molar-refractivity contribution in [3.05, 3.63) is 40.9 Å². The van der Waals surface area contributed by atoms with Crippen molar-refractivity contribution < 1.29 is 14.7 Å². The largest absolute Gasteiger partial charge is 0.396 e. The van der Waals surface area contributed by atoms with E-state index in [1.165, 1.54) is 4.90 Å². The van der Waals surface area contributed by atoms with Gasteiger partial charge in [0.25, 0.3) is 0 Å². The molecule has 0 spiro atoms. The second-order valence-electron chi connectivity index (χ2n) is 5.99. The summed E-state index contributed by atoms with van der Waals surface area (Å²) in [6.45, 7) is 0.0328. The lowest BCUT2D eigenvalue weighted by Gasteiger charge is -2.28. The van der Waals surface area contributed by atoms with Crippen LogP contribution in [0.4, 0.5) is 5.69 Å². The van der Waals surface area contributed by atoms with Crippen LogP contribution in [0.5, 0.6) is 0 Å². The van der Waals surface area contributed by atoms with Crippen molar-refractivity contribution in [3.8, 4) is 0 Å². The van der Waals surface area contributed by atoms with Crippen molar-refractivity contribution in [2.75, 3.05) is 18.1 Å². The molecule has 0 radical (unpaired) electrons. The van der Waals surface area contributed by atoms with Gasteiger partial charge >= 0.3 is 0 Å². The number of anilines is 1. The highest BCUT2D eigenvalue weighted by Gasteiger charge is 2.30. The summed E-state index contributed by atoms with van der Waals surface area (Å²) in [5.41, 5.74) is 1.60. The van der Waals surface area contributed by atoms with Gasteiger partial charge in [0.05, 0.1) is 6.42 Å². The van der Waals surface area contributed by atoms with E-state index in [1.54, 1.807) is 18.2 Å². The number of amides is 2. The smallest absolute Gasteiger partial charge is 0.240 e. The van der Waals surface area contributed by atoms with Crippen LogP contribution in [-0.4, -0.2) is 36.1 Å². The lowest BCUT2D eigenvalue weighted by molar-refractivity contribution is -0.124. The van der Waals surface area contributed by atoms with Crippen LogP contribution >= 0.6 is 11.6 Å². The van der Waals surface area contributed by atoms with Crippen LogP contribution in [0.15, 0.2) is 30.4 Å². The quantitative estimate of drug-likeness (QED) is 0.823. The Kier molecular flexibility index (Phi) is 4.68. The van der Waals surface area contributed by atoms with Gasteiger partial charge in [0.1, 0.15) is 6.54 Å². The molecule has 0 saturated heterocycles. The van der Waals surface area contributed by atoms with Crippen LogP contribution in [0.2, 0.25) is 5.02 Å². The number of allylic oxidation sites excluding steroid dienone is 1. The number of rotatable bonds is 4. The first-order valence-electron chi connectivity index (χ1n) is 7.72. The first kappa shape index (κ1) is 16.0. The Morgan fingerprint density at radius 1 is 1.35 bits per heavy atom. The minimum atomic E-state index is -0.208. The Bertz CT molecular complexity index is 659. The molecule has 1 aliphatic heterocycles. The molecule has 0 saturated carbocycles. The molecule has 2 aliphatic rings. The van der Waals surface area contributed by atoms with Gasteiger partial charge in [0.2, 0.25) is 11.8 Å². The van der Waals surface area contributed by atoms with E-state index < -0.39 is 0 Å². The molecular weight excluding hydrogens is 316 g/mol. The molecule has 1 aliphatic carbocycles. The zero-order valence-corrected chi connectivity index (χ0v) is 13.4. The molecular formula is C17H19ClN2O3. The predicted molar refractivity (Wildman–Crippen MR) is 88.4 cm³/mol. The number of fused-ring (bicyclic) bond motifs is 1. The van der Waals surface area contributed by atoms with Gasteiger partial charge in [-0.2, -0.15) is 0 Å². The summed E-state index contributed by atoms with van der Waals surface area (Å²) in [5.74, 6) is -0.274. The summed E-state index contributed by atoms with van der Waals surface area (Å²) >= 11 is 5.95. The summed E-state index contributed by atoms with van der Waals surface area (Å²) in [7, 11) is 0. The number of aliphatic hydroxyl groups excluding tert-OH is 1. The Hall–Kier alpha value is -1.85. The minimum Gasteiger partial charge on any atom is -0.396 e. The van der Waals surface area contributed by atoms with Crippen LogP contribution < -0.4 is 10.2 Å². The molecule has 0 bridgehead atoms. The summed E-state index contributed by atoms with van der Waals surface area (Å²) < 4.78 is 0. The molecule has 2 amide bonds. The molecule has 6 heteroatoms. The Labute approximate surface area is 139 Å². The Morgan fingerprint density at radius 3 is 2.91 bits per heavy atom. The first-order chi connectivity index (χ1) is 11.1. The standard InChI is InChI=1S/C17H19ClN2O3/c18-13-5-6-15-12(7-13)8-17(23)20(15)9-16(22)19-14-4-2-1-3-11(14)10-21/h1-2,5-7,11,14,21H,3-4,8-10H2,(H,19,22). The number of benzene rings is 1. The van der Waals surface area contributed by atoms with E-state index in [4.69, 9.17) is 11.6 Å². The number of nitrogens with zero attached hydrogens (tertiary/aromatic N) is 1. The number of halogens is 1. The first-order valence-corrected chi connectivity index (χ1v) is 8.10. The SMILES string of the molecule is O=C(CN1C(=O)Cc2cc(Cl)ccc21)NC1CC=CCC1CO. The van der Waals surface area contributed by atoms with E-state index in [0.29, 0.717) is 11.4 Å². The zero-order chi connectivity index (χ0) is 16.4. The van der Waals surface area contributed by atoms with Crippen molar-refractivity contribution in [2.45, 2.75) is 25.3 Å². The van der Waals surface area contributed by atoms with Crippen molar-refractivity contribution in [3.63, 3.8) is 0 Å². The molecule has 2 atom stereocenters. The fourth-order valence-corrected chi connectivity index (χ4v) is 3.36. The van der Waals surface area contributed by atoms with Crippen LogP contribution in [0.1, 0.15) is 18.4 Å². The summed E-state index contributed by atoms with van der Waals surface area (Å²) in [6, 6.07) is 5.17. The van der Waals surface area contributed by atoms with Crippen molar-refractivity contribution >= 4 is 29.1 Å². The molecule has 1 aromatic carbocycles. The second-order valence-corrected chi connectivity index (χ2v) is 6.43. The highest BCUT2D eigenvalue weighted by atomic mass is 35.5. The maximum absolute atomic E-state index is 12.3. The van der Waals surface area contributed by atoms with Gasteiger partial charge < -0.3 is 15.3 Å². The molecule has 1 aromatic rings. The molecule has 2 unspecified atom stereocenters. The topological polar surface area (TPSA) is 69.6 Å². The van der Waals surface area contributed by atoms with Crippen LogP contribution in [0.25, 0.3) is 0 Å². The van der Waals surface area contributed by atoms with Gasteiger partial charge in [0, 0.05) is 29.3 Å². The normalized spacial score (nSPS) is 23.0. The van der Waals surface area contributed by atoms with Crippen molar-refractivity contribution in [1.82, 2.24) is 5.32 Å². The molecule has 5 nitrogen and oxygen atoms in total. The maximum atomic E-state index is 12.3. The highest BCUT2D eigenvalue weighted by Crippen LogP contribution is 2.31. The Balaban J connectivity index is 1.67. The van der Waals surface area contributed by atoms with E-state index in [1.807, 2.05) is 12.2 Å².